The minimum atomic E-state index is -0.565. The van der Waals surface area contributed by atoms with E-state index in [0.29, 0.717) is 22.8 Å². The lowest BCUT2D eigenvalue weighted by atomic mass is 9.39. The topological polar surface area (TPSA) is 41.5 Å². The van der Waals surface area contributed by atoms with Crippen molar-refractivity contribution in [1.29, 1.82) is 0 Å². The molecule has 4 aliphatic rings. The third kappa shape index (κ3) is 5.28. The van der Waals surface area contributed by atoms with Gasteiger partial charge < -0.3 is 15.2 Å². The second kappa shape index (κ2) is 10.2. The van der Waals surface area contributed by atoms with Crippen molar-refractivity contribution in [3.63, 3.8) is 0 Å². The summed E-state index contributed by atoms with van der Waals surface area (Å²) in [5, 5.41) is 14.1. The first-order valence-electron chi connectivity index (χ1n) is 14.6. The van der Waals surface area contributed by atoms with E-state index in [-0.39, 0.29) is 12.5 Å². The fourth-order valence-corrected chi connectivity index (χ4v) is 9.12. The van der Waals surface area contributed by atoms with Crippen molar-refractivity contribution in [1.82, 2.24) is 5.32 Å². The fraction of sp³-hybridized carbons (Fsp3) is 0.486. The molecule has 4 saturated carbocycles. The highest BCUT2D eigenvalue weighted by Crippen LogP contribution is 2.69. The monoisotopic (exact) mass is 509 g/mol. The molecule has 38 heavy (non-hydrogen) atoms. The van der Waals surface area contributed by atoms with Crippen LogP contribution in [0.2, 0.25) is 0 Å². The lowest BCUT2D eigenvalue weighted by Crippen LogP contribution is -2.56. The van der Waals surface area contributed by atoms with Crippen molar-refractivity contribution in [2.45, 2.75) is 69.8 Å². The molecule has 3 heteroatoms. The van der Waals surface area contributed by atoms with Gasteiger partial charge in [0, 0.05) is 19.0 Å². The quantitative estimate of drug-likeness (QED) is 0.306. The van der Waals surface area contributed by atoms with Gasteiger partial charge in [-0.1, -0.05) is 86.6 Å². The summed E-state index contributed by atoms with van der Waals surface area (Å²) < 4.78 is 6.02. The summed E-state index contributed by atoms with van der Waals surface area (Å²) in [5.74, 6) is 1.98. The summed E-state index contributed by atoms with van der Waals surface area (Å²) in [6, 6.07) is 30.0. The first-order valence-corrected chi connectivity index (χ1v) is 14.6. The molecule has 0 amide bonds. The van der Waals surface area contributed by atoms with Crippen molar-refractivity contribution in [3.05, 3.63) is 102 Å². The van der Waals surface area contributed by atoms with Crippen LogP contribution in [0.4, 0.5) is 0 Å². The molecule has 0 heterocycles. The second-order valence-electron chi connectivity index (χ2n) is 13.4. The number of benzene rings is 3. The maximum absolute atomic E-state index is 10.6. The van der Waals surface area contributed by atoms with Gasteiger partial charge in [-0.3, -0.25) is 0 Å². The molecule has 3 aromatic rings. The molecule has 0 radical (unpaired) electrons. The normalized spacial score (nSPS) is 30.5. The maximum Gasteiger partial charge on any atom is 0.119 e. The Morgan fingerprint density at radius 1 is 0.763 bits per heavy atom. The smallest absolute Gasteiger partial charge is 0.119 e. The van der Waals surface area contributed by atoms with E-state index in [1.165, 1.54) is 55.2 Å². The molecule has 3 aromatic carbocycles. The maximum atomic E-state index is 10.6. The first kappa shape index (κ1) is 25.6. The summed E-state index contributed by atoms with van der Waals surface area (Å²) in [6.45, 7) is 6.63. The summed E-state index contributed by atoms with van der Waals surface area (Å²) in [5.41, 5.74) is 5.43. The van der Waals surface area contributed by atoms with Crippen molar-refractivity contribution in [2.24, 2.45) is 16.7 Å². The third-order valence-corrected chi connectivity index (χ3v) is 9.67. The second-order valence-corrected chi connectivity index (χ2v) is 13.4. The number of nitrogens with one attached hydrogen (secondary N) is 1. The summed E-state index contributed by atoms with van der Waals surface area (Å²) >= 11 is 0. The van der Waals surface area contributed by atoms with Crippen LogP contribution in [0.25, 0.3) is 0 Å². The van der Waals surface area contributed by atoms with Crippen LogP contribution in [0.3, 0.4) is 0 Å². The molecule has 4 bridgehead atoms. The predicted octanol–water partition coefficient (Wildman–Crippen LogP) is 7.10. The summed E-state index contributed by atoms with van der Waals surface area (Å²) in [4.78, 5) is 0. The standard InChI is InChI=1S/C35H43NO2/c1-33-17-26-18-34(2,23-33)25-35(19-26,24-33)29-13-15-31(16-14-29)38-22-30(37)20-36-21-32(27-9-5-3-6-10-27)28-11-7-4-8-12-28/h3-16,26,30,32,36-37H,17-25H2,1-2H3/t26?,30?,33-,34+,35?. The van der Waals surface area contributed by atoms with Gasteiger partial charge in [0.05, 0.1) is 0 Å². The average molecular weight is 510 g/mol. The molecule has 7 rings (SSSR count). The highest BCUT2D eigenvalue weighted by atomic mass is 16.5. The lowest BCUT2D eigenvalue weighted by molar-refractivity contribution is -0.110. The Hall–Kier alpha value is -2.62. The number of hydrogen-bond donors (Lipinski definition) is 2. The molecule has 3 nitrogen and oxygen atoms in total. The highest BCUT2D eigenvalue weighted by molar-refractivity contribution is 5.36. The minimum absolute atomic E-state index is 0.243. The van der Waals surface area contributed by atoms with Crippen LogP contribution >= 0.6 is 0 Å². The Balaban J connectivity index is 1.03. The molecule has 0 aliphatic heterocycles. The van der Waals surface area contributed by atoms with E-state index < -0.39 is 6.10 Å². The highest BCUT2D eigenvalue weighted by Gasteiger charge is 2.60. The molecule has 2 N–H and O–H groups in total. The molecule has 0 saturated heterocycles. The van der Waals surface area contributed by atoms with Gasteiger partial charge in [-0.05, 0) is 89.5 Å². The number of hydrogen-bond acceptors (Lipinski definition) is 3. The van der Waals surface area contributed by atoms with Gasteiger partial charge in [0.25, 0.3) is 0 Å². The van der Waals surface area contributed by atoms with Gasteiger partial charge in [0.2, 0.25) is 0 Å². The first-order chi connectivity index (χ1) is 18.3. The molecule has 200 valence electrons. The van der Waals surface area contributed by atoms with Gasteiger partial charge >= 0.3 is 0 Å². The van der Waals surface area contributed by atoms with Gasteiger partial charge in [-0.25, -0.2) is 0 Å². The Bertz CT molecular complexity index is 1150. The zero-order valence-corrected chi connectivity index (χ0v) is 23.0. The average Bonchev–Trinajstić information content (AvgIpc) is 2.89. The van der Waals surface area contributed by atoms with Crippen LogP contribution in [0.5, 0.6) is 5.75 Å². The van der Waals surface area contributed by atoms with Crippen LogP contribution in [0.15, 0.2) is 84.9 Å². The van der Waals surface area contributed by atoms with E-state index in [9.17, 15) is 5.11 Å². The van der Waals surface area contributed by atoms with Crippen LogP contribution in [0.1, 0.15) is 75.0 Å². The Kier molecular flexibility index (Phi) is 6.86. The predicted molar refractivity (Wildman–Crippen MR) is 155 cm³/mol. The number of rotatable bonds is 10. The van der Waals surface area contributed by atoms with E-state index in [2.05, 4.69) is 104 Å². The Morgan fingerprint density at radius 3 is 1.89 bits per heavy atom. The van der Waals surface area contributed by atoms with Crippen molar-refractivity contribution in [2.75, 3.05) is 19.7 Å². The van der Waals surface area contributed by atoms with E-state index in [4.69, 9.17) is 4.74 Å². The van der Waals surface area contributed by atoms with Crippen LogP contribution in [-0.4, -0.2) is 30.9 Å². The van der Waals surface area contributed by atoms with Crippen molar-refractivity contribution >= 4 is 0 Å². The van der Waals surface area contributed by atoms with Crippen LogP contribution in [-0.2, 0) is 5.41 Å². The van der Waals surface area contributed by atoms with Crippen molar-refractivity contribution < 1.29 is 9.84 Å². The molecular weight excluding hydrogens is 466 g/mol. The van der Waals surface area contributed by atoms with Crippen LogP contribution < -0.4 is 10.1 Å². The molecular formula is C35H43NO2. The zero-order chi connectivity index (χ0) is 26.2. The summed E-state index contributed by atoms with van der Waals surface area (Å²) in [7, 11) is 0. The lowest BCUT2D eigenvalue weighted by Gasteiger charge is -2.65. The van der Waals surface area contributed by atoms with Crippen LogP contribution in [0, 0.1) is 16.7 Å². The van der Waals surface area contributed by atoms with Gasteiger partial charge in [-0.15, -0.1) is 0 Å². The van der Waals surface area contributed by atoms with Gasteiger partial charge in [0.15, 0.2) is 0 Å². The Morgan fingerprint density at radius 2 is 1.34 bits per heavy atom. The molecule has 0 aromatic heterocycles. The zero-order valence-electron chi connectivity index (χ0n) is 23.0. The molecule has 4 fully saturated rings. The van der Waals surface area contributed by atoms with E-state index >= 15 is 0 Å². The summed E-state index contributed by atoms with van der Waals surface area (Å²) in [6.07, 6.45) is 7.72. The largest absolute Gasteiger partial charge is 0.491 e. The SMILES string of the molecule is C[C@]12CC3CC(c4ccc(OCC(O)CNCC(c5ccccc5)c5ccccc5)cc4)(C1)C[C@@](C)(C3)C2. The molecule has 0 spiro atoms. The Labute approximate surface area is 228 Å². The molecule has 4 aliphatic carbocycles. The minimum Gasteiger partial charge on any atom is -0.491 e. The van der Waals surface area contributed by atoms with E-state index in [1.807, 2.05) is 0 Å². The number of aliphatic hydroxyl groups is 1. The van der Waals surface area contributed by atoms with Gasteiger partial charge in [0.1, 0.15) is 18.5 Å². The van der Waals surface area contributed by atoms with E-state index in [1.54, 1.807) is 0 Å². The molecule has 5 atom stereocenters. The number of ether oxygens (including phenoxy) is 1. The third-order valence-electron chi connectivity index (χ3n) is 9.67. The number of aliphatic hydroxyl groups excluding tert-OH is 1. The fourth-order valence-electron chi connectivity index (χ4n) is 9.12. The van der Waals surface area contributed by atoms with Gasteiger partial charge in [-0.2, -0.15) is 0 Å². The van der Waals surface area contributed by atoms with E-state index in [0.717, 1.165) is 18.2 Å². The molecule has 3 unspecified atom stereocenters. The van der Waals surface area contributed by atoms with Crippen molar-refractivity contribution in [3.8, 4) is 5.75 Å².